The molecule has 3 aliphatic heterocycles. The summed E-state index contributed by atoms with van der Waals surface area (Å²) in [5.74, 6) is -4.00. The van der Waals surface area contributed by atoms with Gasteiger partial charge in [0.25, 0.3) is 0 Å². The second-order valence-corrected chi connectivity index (χ2v) is 13.1. The smallest absolute Gasteiger partial charge is 0.333 e. The molecule has 5 N–H and O–H groups in total. The van der Waals surface area contributed by atoms with Gasteiger partial charge in [0.05, 0.1) is 46.4 Å². The number of carbonyl (C=O) groups excluding carboxylic acids is 1. The number of aromatic amines is 2. The van der Waals surface area contributed by atoms with Gasteiger partial charge in [-0.05, 0) is 105 Å². The van der Waals surface area contributed by atoms with Gasteiger partial charge in [-0.3, -0.25) is 9.59 Å². The zero-order valence-corrected chi connectivity index (χ0v) is 29.0. The van der Waals surface area contributed by atoms with Crippen molar-refractivity contribution in [2.75, 3.05) is 7.11 Å². The van der Waals surface area contributed by atoms with Crippen LogP contribution in [0.1, 0.15) is 91.7 Å². The van der Waals surface area contributed by atoms with E-state index in [1.54, 1.807) is 25.1 Å². The fourth-order valence-corrected chi connectivity index (χ4v) is 7.47. The van der Waals surface area contributed by atoms with Gasteiger partial charge in [0, 0.05) is 40.8 Å². The van der Waals surface area contributed by atoms with Crippen molar-refractivity contribution in [3.05, 3.63) is 99.4 Å². The van der Waals surface area contributed by atoms with Crippen molar-refractivity contribution in [1.29, 1.82) is 0 Å². The first-order valence-corrected chi connectivity index (χ1v) is 16.5. The number of hydrogen-bond acceptors (Lipinski definition) is 7. The van der Waals surface area contributed by atoms with Gasteiger partial charge in [-0.25, -0.2) is 19.6 Å². The van der Waals surface area contributed by atoms with Gasteiger partial charge < -0.3 is 30.0 Å². The molecule has 1 atom stereocenters. The molecule has 0 saturated carbocycles. The van der Waals surface area contributed by atoms with Crippen LogP contribution in [0.15, 0.2) is 54.1 Å². The first kappa shape index (κ1) is 34.8. The Morgan fingerprint density at radius 3 is 2.22 bits per heavy atom. The van der Waals surface area contributed by atoms with Crippen LogP contribution >= 0.6 is 0 Å². The Bertz CT molecular complexity index is 2300. The van der Waals surface area contributed by atoms with Crippen molar-refractivity contribution in [1.82, 2.24) is 19.9 Å². The Hall–Kier alpha value is -6.04. The predicted octanol–water partition coefficient (Wildman–Crippen LogP) is 6.57. The van der Waals surface area contributed by atoms with Crippen molar-refractivity contribution in [2.45, 2.75) is 65.2 Å². The average Bonchev–Trinajstić information content (AvgIpc) is 3.73. The number of nitrogens with zero attached hydrogens (tertiary/aromatic N) is 2. The second-order valence-electron chi connectivity index (χ2n) is 13.1. The highest BCUT2D eigenvalue weighted by Crippen LogP contribution is 2.51. The molecule has 4 aliphatic rings. The molecule has 8 bridgehead atoms. The number of aryl methyl sites for hydroxylation is 2. The van der Waals surface area contributed by atoms with Gasteiger partial charge >= 0.3 is 23.9 Å². The summed E-state index contributed by atoms with van der Waals surface area (Å²) in [4.78, 5) is 66.1. The maximum atomic E-state index is 12.9. The summed E-state index contributed by atoms with van der Waals surface area (Å²) in [6, 6.07) is 7.30. The Morgan fingerprint density at radius 2 is 1.57 bits per heavy atom. The third kappa shape index (κ3) is 5.86. The number of carbonyl (C=O) groups is 4. The summed E-state index contributed by atoms with van der Waals surface area (Å²) in [6.45, 7) is 11.4. The van der Waals surface area contributed by atoms with Crippen LogP contribution in [-0.4, -0.2) is 66.2 Å². The molecule has 1 aliphatic carbocycles. The molecule has 12 heteroatoms. The molecule has 0 fully saturated rings. The van der Waals surface area contributed by atoms with E-state index in [1.165, 1.54) is 7.11 Å². The summed E-state index contributed by atoms with van der Waals surface area (Å²) in [6.07, 6.45) is 3.90. The zero-order valence-electron chi connectivity index (χ0n) is 29.0. The second kappa shape index (κ2) is 13.0. The van der Waals surface area contributed by atoms with E-state index >= 15 is 0 Å². The lowest BCUT2D eigenvalue weighted by atomic mass is 9.68. The Labute approximate surface area is 293 Å². The van der Waals surface area contributed by atoms with Gasteiger partial charge in [0.2, 0.25) is 0 Å². The van der Waals surface area contributed by atoms with Gasteiger partial charge in [-0.15, -0.1) is 0 Å². The van der Waals surface area contributed by atoms with Crippen LogP contribution in [0.5, 0.6) is 0 Å². The first-order chi connectivity index (χ1) is 24.2. The van der Waals surface area contributed by atoms with Gasteiger partial charge in [0.1, 0.15) is 0 Å². The van der Waals surface area contributed by atoms with Gasteiger partial charge in [-0.2, -0.15) is 0 Å². The van der Waals surface area contributed by atoms with E-state index in [9.17, 15) is 34.5 Å². The lowest BCUT2D eigenvalue weighted by molar-refractivity contribution is -0.140. The van der Waals surface area contributed by atoms with E-state index in [-0.39, 0.29) is 43.3 Å². The van der Waals surface area contributed by atoms with Crippen LogP contribution < -0.4 is 0 Å². The Morgan fingerprint density at radius 1 is 0.882 bits per heavy atom. The highest BCUT2D eigenvalue weighted by molar-refractivity contribution is 6.07. The maximum Gasteiger partial charge on any atom is 0.333 e. The lowest BCUT2D eigenvalue weighted by Gasteiger charge is -2.32. The Balaban J connectivity index is 1.77. The molecule has 0 unspecified atom stereocenters. The number of carboxylic acids is 3. The molecule has 0 spiro atoms. The van der Waals surface area contributed by atoms with Crippen molar-refractivity contribution in [3.63, 3.8) is 0 Å². The number of hydrogen-bond donors (Lipinski definition) is 5. The number of fused-ring (bicyclic) bond motifs is 11. The van der Waals surface area contributed by atoms with Crippen LogP contribution in [0.3, 0.4) is 0 Å². The standard InChI is InChI=1S/C39H38N4O8/c1-7-21-18(2)27-15-32-25-11-8-24(37(47)48)36(38(49)50)39(25,5)33(43-32)17-28-20(4)23(10-13-35(46)51-6)31(42-28)16-30-22(9-12-34(44)45)19(3)26(41-30)14-29(21)40-27/h7,11,14-17,41,43H,1,8-10,12-13H2,2-6H3,(H,44,45)(H,47,48)(H,49,50)/t39-/m0/s1. The average molecular weight is 691 g/mol. The van der Waals surface area contributed by atoms with E-state index < -0.39 is 29.3 Å². The highest BCUT2D eigenvalue weighted by atomic mass is 16.5. The monoisotopic (exact) mass is 690 g/mol. The van der Waals surface area contributed by atoms with E-state index in [0.29, 0.717) is 45.3 Å². The minimum Gasteiger partial charge on any atom is -0.481 e. The number of aromatic nitrogens is 4. The van der Waals surface area contributed by atoms with Gasteiger partial charge in [0.15, 0.2) is 0 Å². The molecule has 262 valence electrons. The number of ether oxygens (including phenoxy) is 1. The third-order valence-corrected chi connectivity index (χ3v) is 10.3. The lowest BCUT2D eigenvalue weighted by Crippen LogP contribution is -2.33. The minimum atomic E-state index is -1.40. The van der Waals surface area contributed by atoms with Gasteiger partial charge in [-0.1, -0.05) is 18.7 Å². The molecular formula is C39H38N4O8. The topological polar surface area (TPSA) is 196 Å². The van der Waals surface area contributed by atoms with Crippen LogP contribution in [0.4, 0.5) is 0 Å². The molecule has 0 amide bonds. The number of aliphatic carboxylic acids is 3. The number of nitrogens with one attached hydrogen (secondary N) is 2. The quantitative estimate of drug-likeness (QED) is 0.179. The summed E-state index contributed by atoms with van der Waals surface area (Å²) in [7, 11) is 1.32. The number of methoxy groups -OCH3 is 1. The molecule has 0 saturated heterocycles. The number of allylic oxidation sites excluding steroid dienone is 7. The minimum absolute atomic E-state index is 0.0760. The van der Waals surface area contributed by atoms with Crippen molar-refractivity contribution < 1.29 is 39.2 Å². The summed E-state index contributed by atoms with van der Waals surface area (Å²) < 4.78 is 4.92. The molecule has 0 radical (unpaired) electrons. The number of H-pyrrole nitrogens is 2. The van der Waals surface area contributed by atoms with E-state index in [4.69, 9.17) is 14.7 Å². The fourth-order valence-electron chi connectivity index (χ4n) is 7.47. The molecule has 12 nitrogen and oxygen atoms in total. The number of carboxylic acid groups (broad SMARTS) is 3. The fraction of sp³-hybridized carbons (Fsp3) is 0.282. The summed E-state index contributed by atoms with van der Waals surface area (Å²) >= 11 is 0. The van der Waals surface area contributed by atoms with Crippen molar-refractivity contribution in [2.24, 2.45) is 0 Å². The van der Waals surface area contributed by atoms with Crippen LogP contribution in [0, 0.1) is 6.92 Å². The first-order valence-electron chi connectivity index (χ1n) is 16.5. The Kier molecular flexibility index (Phi) is 8.88. The van der Waals surface area contributed by atoms with Crippen molar-refractivity contribution in [3.8, 4) is 0 Å². The normalized spacial score (nSPS) is 17.5. The molecule has 2 aromatic rings. The van der Waals surface area contributed by atoms with E-state index in [2.05, 4.69) is 16.5 Å². The molecular weight excluding hydrogens is 652 g/mol. The van der Waals surface area contributed by atoms with Crippen LogP contribution in [0.2, 0.25) is 0 Å². The van der Waals surface area contributed by atoms with Crippen LogP contribution in [-0.2, 0) is 35.8 Å². The van der Waals surface area contributed by atoms with Crippen molar-refractivity contribution >= 4 is 62.8 Å². The zero-order chi connectivity index (χ0) is 36.9. The van der Waals surface area contributed by atoms with E-state index in [1.807, 2.05) is 39.0 Å². The van der Waals surface area contributed by atoms with Crippen LogP contribution in [0.25, 0.3) is 38.9 Å². The molecule has 0 aromatic carbocycles. The largest absolute Gasteiger partial charge is 0.481 e. The molecule has 2 aromatic heterocycles. The summed E-state index contributed by atoms with van der Waals surface area (Å²) in [5, 5.41) is 30.2. The molecule has 51 heavy (non-hydrogen) atoms. The molecule has 5 heterocycles. The predicted molar refractivity (Wildman–Crippen MR) is 192 cm³/mol. The third-order valence-electron chi connectivity index (χ3n) is 10.3. The molecule has 6 rings (SSSR count). The maximum absolute atomic E-state index is 12.9. The number of rotatable bonds is 9. The SMILES string of the molecule is C=CC1=C(C)c2cc3[nH]c(cc4nc(cc5[nH]c(cc1n2)c(C)c5CCC(=O)O)C(CCC(=O)OC)=C4C)[C@]1(C)C3=CCC(C(=O)O)=C1C(=O)O. The van der Waals surface area contributed by atoms with E-state index in [0.717, 1.165) is 38.9 Å². The highest BCUT2D eigenvalue weighted by Gasteiger charge is 2.48. The number of esters is 1. The summed E-state index contributed by atoms with van der Waals surface area (Å²) in [5.41, 5.74) is 8.12.